The van der Waals surface area contributed by atoms with Crippen LogP contribution in [0.1, 0.15) is 0 Å². The zero-order valence-electron chi connectivity index (χ0n) is 10.8. The van der Waals surface area contributed by atoms with Gasteiger partial charge in [0.1, 0.15) is 11.5 Å². The van der Waals surface area contributed by atoms with Crippen molar-refractivity contribution in [2.45, 2.75) is 32.0 Å². The minimum absolute atomic E-state index is 0.184. The third-order valence-electron chi connectivity index (χ3n) is 2.60. The van der Waals surface area contributed by atoms with Gasteiger partial charge in [0, 0.05) is 14.4 Å². The average Bonchev–Trinajstić information content (AvgIpc) is 2.55. The number of benzene rings is 1. The van der Waals surface area contributed by atoms with Crippen molar-refractivity contribution in [1.29, 1.82) is 0 Å². The van der Waals surface area contributed by atoms with Gasteiger partial charge in [-0.05, 0) is 18.2 Å². The maximum absolute atomic E-state index is 5.72. The summed E-state index contributed by atoms with van der Waals surface area (Å²) in [5.41, 5.74) is 1.24. The van der Waals surface area contributed by atoms with E-state index in [0.29, 0.717) is 0 Å². The van der Waals surface area contributed by atoms with Gasteiger partial charge in [-0.15, -0.1) is 6.58 Å². The van der Waals surface area contributed by atoms with Crippen molar-refractivity contribution >= 4 is 15.2 Å². The molecule has 0 unspecified atom stereocenters. The van der Waals surface area contributed by atoms with Crippen LogP contribution in [0.25, 0.3) is 0 Å². The molecular formula is C13H19BO2Si. The summed E-state index contributed by atoms with van der Waals surface area (Å²) in [5.74, 6) is 1.69. The highest BCUT2D eigenvalue weighted by Crippen LogP contribution is 2.34. The lowest BCUT2D eigenvalue weighted by molar-refractivity contribution is 0.501. The summed E-state index contributed by atoms with van der Waals surface area (Å²) >= 11 is 0. The molecule has 0 radical (unpaired) electrons. The third kappa shape index (κ3) is 3.40. The highest BCUT2D eigenvalue weighted by atomic mass is 28.3. The molecule has 90 valence electrons. The number of hydrogen-bond acceptors (Lipinski definition) is 2. The molecule has 1 aromatic carbocycles. The van der Waals surface area contributed by atoms with Gasteiger partial charge in [0.05, 0.1) is 0 Å². The predicted octanol–water partition coefficient (Wildman–Crippen LogP) is 3.84. The van der Waals surface area contributed by atoms with Gasteiger partial charge < -0.3 is 9.31 Å². The fourth-order valence-electron chi connectivity index (χ4n) is 2.09. The van der Waals surface area contributed by atoms with Crippen molar-refractivity contribution in [2.75, 3.05) is 0 Å². The molecule has 0 aliphatic carbocycles. The minimum atomic E-state index is -1.08. The first-order chi connectivity index (χ1) is 7.94. The molecule has 17 heavy (non-hydrogen) atoms. The quantitative estimate of drug-likeness (QED) is 0.593. The van der Waals surface area contributed by atoms with E-state index in [9.17, 15) is 0 Å². The summed E-state index contributed by atoms with van der Waals surface area (Å²) < 4.78 is 11.4. The first-order valence-electron chi connectivity index (χ1n) is 6.03. The Morgan fingerprint density at radius 3 is 2.18 bits per heavy atom. The van der Waals surface area contributed by atoms with Crippen LogP contribution in [0.3, 0.4) is 0 Å². The van der Waals surface area contributed by atoms with Crippen LogP contribution < -0.4 is 9.31 Å². The van der Waals surface area contributed by atoms with Crippen molar-refractivity contribution in [3.63, 3.8) is 0 Å². The number of allylic oxidation sites excluding steroid dienone is 1. The zero-order chi connectivity index (χ0) is 12.5. The SMILES string of the molecule is C=C(CB1Oc2ccccc2O1)C[Si](C)(C)C. The Morgan fingerprint density at radius 2 is 1.71 bits per heavy atom. The summed E-state index contributed by atoms with van der Waals surface area (Å²) in [6, 6.07) is 8.93. The van der Waals surface area contributed by atoms with E-state index in [1.54, 1.807) is 0 Å². The topological polar surface area (TPSA) is 18.5 Å². The van der Waals surface area contributed by atoms with Gasteiger partial charge in [0.2, 0.25) is 0 Å². The number of rotatable bonds is 4. The van der Waals surface area contributed by atoms with Gasteiger partial charge in [-0.2, -0.15) is 0 Å². The zero-order valence-corrected chi connectivity index (χ0v) is 11.8. The van der Waals surface area contributed by atoms with Gasteiger partial charge >= 0.3 is 7.12 Å². The van der Waals surface area contributed by atoms with E-state index in [-0.39, 0.29) is 7.12 Å². The van der Waals surface area contributed by atoms with Crippen LogP contribution in [0.5, 0.6) is 11.5 Å². The predicted molar refractivity (Wildman–Crippen MR) is 75.6 cm³/mol. The molecule has 0 saturated carbocycles. The Bertz CT molecular complexity index is 401. The summed E-state index contributed by atoms with van der Waals surface area (Å²) in [7, 11) is -1.27. The van der Waals surface area contributed by atoms with Gasteiger partial charge in [-0.25, -0.2) is 0 Å². The van der Waals surface area contributed by atoms with E-state index in [2.05, 4.69) is 26.2 Å². The van der Waals surface area contributed by atoms with Crippen molar-refractivity contribution in [3.05, 3.63) is 36.4 Å². The summed E-state index contributed by atoms with van der Waals surface area (Å²) in [5, 5.41) is 0. The van der Waals surface area contributed by atoms with E-state index in [0.717, 1.165) is 23.9 Å². The van der Waals surface area contributed by atoms with E-state index in [1.807, 2.05) is 24.3 Å². The Kier molecular flexibility index (Phi) is 3.33. The van der Waals surface area contributed by atoms with Crippen molar-refractivity contribution < 1.29 is 9.31 Å². The summed E-state index contributed by atoms with van der Waals surface area (Å²) in [4.78, 5) is 0. The maximum atomic E-state index is 5.72. The van der Waals surface area contributed by atoms with Crippen LogP contribution in [0.2, 0.25) is 32.0 Å². The average molecular weight is 246 g/mol. The van der Waals surface area contributed by atoms with Crippen LogP contribution in [-0.2, 0) is 0 Å². The largest absolute Gasteiger partial charge is 0.599 e. The third-order valence-corrected chi connectivity index (χ3v) is 4.16. The van der Waals surface area contributed by atoms with Gasteiger partial charge in [0.25, 0.3) is 0 Å². The molecule has 1 aliphatic heterocycles. The van der Waals surface area contributed by atoms with Crippen molar-refractivity contribution in [2.24, 2.45) is 0 Å². The van der Waals surface area contributed by atoms with Gasteiger partial charge in [-0.1, -0.05) is 37.3 Å². The van der Waals surface area contributed by atoms with E-state index >= 15 is 0 Å². The Labute approximate surface area is 105 Å². The molecule has 0 atom stereocenters. The van der Waals surface area contributed by atoms with Crippen LogP contribution in [0.15, 0.2) is 36.4 Å². The normalized spacial score (nSPS) is 13.9. The molecule has 0 fully saturated rings. The fourth-order valence-corrected chi connectivity index (χ4v) is 3.74. The lowest BCUT2D eigenvalue weighted by atomic mass is 9.82. The van der Waals surface area contributed by atoms with Gasteiger partial charge in [0.15, 0.2) is 0 Å². The molecule has 1 aromatic rings. The summed E-state index contributed by atoms with van der Waals surface area (Å²) in [6.07, 6.45) is 0.791. The molecule has 0 bridgehead atoms. The second kappa shape index (κ2) is 4.61. The fraction of sp³-hybridized carbons (Fsp3) is 0.385. The van der Waals surface area contributed by atoms with Crippen molar-refractivity contribution in [3.8, 4) is 11.5 Å². The monoisotopic (exact) mass is 246 g/mol. The smallest absolute Gasteiger partial charge is 0.523 e. The maximum Gasteiger partial charge on any atom is 0.599 e. The highest BCUT2D eigenvalue weighted by molar-refractivity contribution is 6.76. The minimum Gasteiger partial charge on any atom is -0.523 e. The van der Waals surface area contributed by atoms with E-state index < -0.39 is 8.07 Å². The van der Waals surface area contributed by atoms with Gasteiger partial charge in [-0.3, -0.25) is 0 Å². The standard InChI is InChI=1S/C13H19BO2Si/c1-11(10-17(2,3)4)9-14-15-12-7-5-6-8-13(12)16-14/h5-8H,1,9-10H2,2-4H3. The second-order valence-electron chi connectivity index (χ2n) is 5.80. The number of para-hydroxylation sites is 2. The summed E-state index contributed by atoms with van der Waals surface area (Å²) in [6.45, 7) is 11.2. The van der Waals surface area contributed by atoms with E-state index in [4.69, 9.17) is 9.31 Å². The lowest BCUT2D eigenvalue weighted by Crippen LogP contribution is -2.27. The first-order valence-corrected chi connectivity index (χ1v) is 9.74. The van der Waals surface area contributed by atoms with Crippen LogP contribution in [0.4, 0.5) is 0 Å². The lowest BCUT2D eigenvalue weighted by Gasteiger charge is -2.17. The molecule has 1 heterocycles. The Morgan fingerprint density at radius 1 is 1.18 bits per heavy atom. The molecule has 1 aliphatic rings. The molecule has 4 heteroatoms. The number of fused-ring (bicyclic) bond motifs is 1. The van der Waals surface area contributed by atoms with Crippen LogP contribution >= 0.6 is 0 Å². The van der Waals surface area contributed by atoms with E-state index in [1.165, 1.54) is 5.57 Å². The van der Waals surface area contributed by atoms with Crippen LogP contribution in [0, 0.1) is 0 Å². The Hall–Kier alpha value is -1.16. The molecule has 0 N–H and O–H groups in total. The Balaban J connectivity index is 1.90. The second-order valence-corrected chi connectivity index (χ2v) is 11.3. The van der Waals surface area contributed by atoms with Crippen molar-refractivity contribution in [1.82, 2.24) is 0 Å². The molecule has 0 amide bonds. The molecule has 0 spiro atoms. The molecule has 2 nitrogen and oxygen atoms in total. The first kappa shape index (κ1) is 12.3. The molecule has 0 saturated heterocycles. The highest BCUT2D eigenvalue weighted by Gasteiger charge is 2.32. The molecule has 0 aromatic heterocycles. The van der Waals surface area contributed by atoms with Crippen LogP contribution in [-0.4, -0.2) is 15.2 Å². The molecule has 2 rings (SSSR count). The number of hydrogen-bond donors (Lipinski definition) is 0. The molecular weight excluding hydrogens is 227 g/mol.